The summed E-state index contributed by atoms with van der Waals surface area (Å²) in [5.74, 6) is -2.59. The van der Waals surface area contributed by atoms with Gasteiger partial charge in [-0.05, 0) is 6.07 Å². The second-order valence-corrected chi connectivity index (χ2v) is 4.06. The fourth-order valence-corrected chi connectivity index (χ4v) is 2.10. The Morgan fingerprint density at radius 2 is 2.11 bits per heavy atom. The van der Waals surface area contributed by atoms with Crippen molar-refractivity contribution in [3.05, 3.63) is 30.0 Å². The molecule has 2 aromatic rings. The minimum atomic E-state index is -2.74. The van der Waals surface area contributed by atoms with Gasteiger partial charge in [-0.3, -0.25) is 9.48 Å². The fraction of sp³-hybridized carbons (Fsp3) is 0.333. The number of carbonyl (C=O) groups is 1. The number of hydrogen-bond donors (Lipinski definition) is 1. The van der Waals surface area contributed by atoms with E-state index in [2.05, 4.69) is 5.10 Å². The number of carboxylic acids is 1. The van der Waals surface area contributed by atoms with Gasteiger partial charge in [0, 0.05) is 12.4 Å². The molecule has 2 rings (SSSR count). The van der Waals surface area contributed by atoms with E-state index in [-0.39, 0.29) is 5.69 Å². The first-order valence-electron chi connectivity index (χ1n) is 5.42. The molecule has 0 spiro atoms. The Balaban J connectivity index is 2.56. The topological polar surface area (TPSA) is 55.1 Å². The highest BCUT2D eigenvalue weighted by Gasteiger charge is 2.29. The molecule has 18 heavy (non-hydrogen) atoms. The first kappa shape index (κ1) is 12.5. The smallest absolute Gasteiger partial charge is 0.304 e. The molecule has 1 aromatic carbocycles. The van der Waals surface area contributed by atoms with Crippen LogP contribution in [0.1, 0.15) is 18.0 Å². The summed E-state index contributed by atoms with van der Waals surface area (Å²) in [7, 11) is 1.55. The highest BCUT2D eigenvalue weighted by Crippen LogP contribution is 2.32. The minimum Gasteiger partial charge on any atom is -0.481 e. The summed E-state index contributed by atoms with van der Waals surface area (Å²) in [6.07, 6.45) is -3.35. The molecule has 0 aliphatic carbocycles. The van der Waals surface area contributed by atoms with Crippen molar-refractivity contribution in [1.82, 2.24) is 9.78 Å². The maximum absolute atomic E-state index is 13.0. The third kappa shape index (κ3) is 2.18. The highest BCUT2D eigenvalue weighted by atomic mass is 19.3. The lowest BCUT2D eigenvalue weighted by atomic mass is 9.98. The number of alkyl halides is 2. The Kier molecular flexibility index (Phi) is 3.27. The van der Waals surface area contributed by atoms with Gasteiger partial charge in [0.2, 0.25) is 6.43 Å². The molecule has 0 amide bonds. The van der Waals surface area contributed by atoms with Crippen molar-refractivity contribution >= 4 is 16.9 Å². The van der Waals surface area contributed by atoms with Gasteiger partial charge in [0.1, 0.15) is 0 Å². The van der Waals surface area contributed by atoms with Gasteiger partial charge in [0.15, 0.2) is 0 Å². The number of halogens is 2. The van der Waals surface area contributed by atoms with Crippen LogP contribution in [0.5, 0.6) is 0 Å². The third-order valence-corrected chi connectivity index (χ3v) is 2.84. The Hall–Kier alpha value is -1.98. The Morgan fingerprint density at radius 1 is 1.44 bits per heavy atom. The van der Waals surface area contributed by atoms with E-state index in [4.69, 9.17) is 5.11 Å². The molecule has 0 aliphatic heterocycles. The van der Waals surface area contributed by atoms with E-state index in [0.717, 1.165) is 0 Å². The second kappa shape index (κ2) is 4.72. The molecule has 0 bridgehead atoms. The Bertz CT molecular complexity index is 580. The monoisotopic (exact) mass is 254 g/mol. The standard InChI is InChI=1S/C12H12F2N2O2/c1-16-11(8(12(13)14)6-10(17)18)7-4-2-3-5-9(7)15-16/h2-5,8,12H,6H2,1H3,(H,17,18). The van der Waals surface area contributed by atoms with Crippen LogP contribution in [0.3, 0.4) is 0 Å². The molecule has 0 fully saturated rings. The van der Waals surface area contributed by atoms with Crippen LogP contribution in [0.15, 0.2) is 24.3 Å². The zero-order valence-electron chi connectivity index (χ0n) is 9.68. The van der Waals surface area contributed by atoms with E-state index in [1.54, 1.807) is 31.3 Å². The fourth-order valence-electron chi connectivity index (χ4n) is 2.10. The average molecular weight is 254 g/mol. The number of nitrogens with zero attached hydrogens (tertiary/aromatic N) is 2. The van der Waals surface area contributed by atoms with Crippen molar-refractivity contribution in [2.75, 3.05) is 0 Å². The quantitative estimate of drug-likeness (QED) is 0.911. The van der Waals surface area contributed by atoms with Crippen LogP contribution >= 0.6 is 0 Å². The molecule has 1 unspecified atom stereocenters. The molecule has 96 valence electrons. The molecule has 0 aliphatic rings. The Morgan fingerprint density at radius 3 is 2.72 bits per heavy atom. The van der Waals surface area contributed by atoms with Gasteiger partial charge in [-0.1, -0.05) is 18.2 Å². The van der Waals surface area contributed by atoms with E-state index in [1.165, 1.54) is 4.68 Å². The third-order valence-electron chi connectivity index (χ3n) is 2.84. The molecule has 0 radical (unpaired) electrons. The van der Waals surface area contributed by atoms with Crippen molar-refractivity contribution in [3.63, 3.8) is 0 Å². The van der Waals surface area contributed by atoms with E-state index in [9.17, 15) is 13.6 Å². The van der Waals surface area contributed by atoms with Crippen LogP contribution in [0, 0.1) is 0 Å². The molecule has 6 heteroatoms. The van der Waals surface area contributed by atoms with Crippen molar-refractivity contribution in [3.8, 4) is 0 Å². The molecule has 1 N–H and O–H groups in total. The van der Waals surface area contributed by atoms with Gasteiger partial charge in [0.25, 0.3) is 0 Å². The van der Waals surface area contributed by atoms with E-state index in [0.29, 0.717) is 10.9 Å². The van der Waals surface area contributed by atoms with Gasteiger partial charge in [-0.15, -0.1) is 0 Å². The van der Waals surface area contributed by atoms with Crippen LogP contribution in [0.2, 0.25) is 0 Å². The summed E-state index contributed by atoms with van der Waals surface area (Å²) in [6, 6.07) is 6.86. The Labute approximate surface area is 102 Å². The largest absolute Gasteiger partial charge is 0.481 e. The summed E-state index contributed by atoms with van der Waals surface area (Å²) in [5.41, 5.74) is 0.856. The predicted octanol–water partition coefficient (Wildman–Crippen LogP) is 2.40. The van der Waals surface area contributed by atoms with Crippen molar-refractivity contribution < 1.29 is 18.7 Å². The van der Waals surface area contributed by atoms with Crippen LogP contribution in [0.4, 0.5) is 8.78 Å². The van der Waals surface area contributed by atoms with Crippen molar-refractivity contribution in [2.45, 2.75) is 18.8 Å². The molecule has 1 heterocycles. The van der Waals surface area contributed by atoms with Gasteiger partial charge < -0.3 is 5.11 Å². The summed E-state index contributed by atoms with van der Waals surface area (Å²) in [5, 5.41) is 13.4. The zero-order chi connectivity index (χ0) is 13.3. The van der Waals surface area contributed by atoms with Crippen LogP contribution in [0.25, 0.3) is 10.9 Å². The predicted molar refractivity (Wildman–Crippen MR) is 61.7 cm³/mol. The molecule has 1 atom stereocenters. The molecular weight excluding hydrogens is 242 g/mol. The maximum Gasteiger partial charge on any atom is 0.304 e. The number of aryl methyl sites for hydroxylation is 1. The van der Waals surface area contributed by atoms with Gasteiger partial charge in [-0.25, -0.2) is 8.78 Å². The second-order valence-electron chi connectivity index (χ2n) is 4.06. The van der Waals surface area contributed by atoms with Crippen molar-refractivity contribution in [1.29, 1.82) is 0 Å². The van der Waals surface area contributed by atoms with E-state index < -0.39 is 24.7 Å². The number of aromatic nitrogens is 2. The number of fused-ring (bicyclic) bond motifs is 1. The lowest BCUT2D eigenvalue weighted by molar-refractivity contribution is -0.138. The van der Waals surface area contributed by atoms with Crippen LogP contribution < -0.4 is 0 Å². The first-order chi connectivity index (χ1) is 8.50. The number of rotatable bonds is 4. The van der Waals surface area contributed by atoms with Crippen LogP contribution in [-0.2, 0) is 11.8 Å². The number of carboxylic acid groups (broad SMARTS) is 1. The minimum absolute atomic E-state index is 0.267. The van der Waals surface area contributed by atoms with Crippen LogP contribution in [-0.4, -0.2) is 27.3 Å². The van der Waals surface area contributed by atoms with Gasteiger partial charge in [-0.2, -0.15) is 5.10 Å². The summed E-state index contributed by atoms with van der Waals surface area (Å²) >= 11 is 0. The summed E-state index contributed by atoms with van der Waals surface area (Å²) in [4.78, 5) is 10.7. The first-order valence-corrected chi connectivity index (χ1v) is 5.42. The maximum atomic E-state index is 13.0. The van der Waals surface area contributed by atoms with Gasteiger partial charge >= 0.3 is 5.97 Å². The number of benzene rings is 1. The number of aliphatic carboxylic acids is 1. The van der Waals surface area contributed by atoms with E-state index in [1.807, 2.05) is 0 Å². The molecular formula is C12H12F2N2O2. The molecule has 4 nitrogen and oxygen atoms in total. The highest BCUT2D eigenvalue weighted by molar-refractivity contribution is 5.82. The summed E-state index contributed by atoms with van der Waals surface area (Å²) < 4.78 is 27.4. The normalized spacial score (nSPS) is 13.1. The molecule has 0 saturated heterocycles. The average Bonchev–Trinajstić information content (AvgIpc) is 2.61. The lowest BCUT2D eigenvalue weighted by Gasteiger charge is -2.14. The SMILES string of the molecule is Cn1nc2ccccc2c1C(CC(=O)O)C(F)F. The van der Waals surface area contributed by atoms with E-state index >= 15 is 0 Å². The molecule has 1 aromatic heterocycles. The number of hydrogen-bond acceptors (Lipinski definition) is 2. The lowest BCUT2D eigenvalue weighted by Crippen LogP contribution is -2.17. The zero-order valence-corrected chi connectivity index (χ0v) is 9.68. The van der Waals surface area contributed by atoms with Gasteiger partial charge in [0.05, 0.1) is 23.5 Å². The molecule has 0 saturated carbocycles. The van der Waals surface area contributed by atoms with Crippen molar-refractivity contribution in [2.24, 2.45) is 7.05 Å². The summed E-state index contributed by atoms with van der Waals surface area (Å²) in [6.45, 7) is 0.